The van der Waals surface area contributed by atoms with Gasteiger partial charge in [0.05, 0.1) is 21.3 Å². The predicted molar refractivity (Wildman–Crippen MR) is 90.6 cm³/mol. The van der Waals surface area contributed by atoms with E-state index in [1.165, 1.54) is 12.2 Å². The molecule has 0 spiro atoms. The first kappa shape index (κ1) is 17.6. The quantitative estimate of drug-likeness (QED) is 0.824. The van der Waals surface area contributed by atoms with E-state index in [1.54, 1.807) is 30.3 Å². The largest absolute Gasteiger partial charge is 0.416 e. The molecule has 2 atom stereocenters. The van der Waals surface area contributed by atoms with Crippen LogP contribution in [-0.2, 0) is 10.8 Å². The number of aromatic nitrogens is 1. The Hall–Kier alpha value is -2.22. The van der Waals surface area contributed by atoms with E-state index in [2.05, 4.69) is 9.98 Å². The SMILES string of the molecule is CCS(=O)c1cccnc1C1=NC2C=CC(C(F)(F)F)=CC=C2N1C. The molecule has 0 saturated heterocycles. The van der Waals surface area contributed by atoms with E-state index in [4.69, 9.17) is 0 Å². The Morgan fingerprint density at radius 3 is 2.76 bits per heavy atom. The lowest BCUT2D eigenvalue weighted by Crippen LogP contribution is -2.25. The highest BCUT2D eigenvalue weighted by Gasteiger charge is 2.35. The summed E-state index contributed by atoms with van der Waals surface area (Å²) in [5.41, 5.74) is 0.391. The number of aliphatic imine (C=N–C) groups is 1. The van der Waals surface area contributed by atoms with E-state index < -0.39 is 28.6 Å². The maximum absolute atomic E-state index is 12.9. The Kier molecular flexibility index (Phi) is 4.64. The van der Waals surface area contributed by atoms with Crippen LogP contribution in [0.25, 0.3) is 0 Å². The average Bonchev–Trinajstić information content (AvgIpc) is 2.76. The topological polar surface area (TPSA) is 45.6 Å². The molecule has 132 valence electrons. The van der Waals surface area contributed by atoms with E-state index in [0.29, 0.717) is 27.9 Å². The van der Waals surface area contributed by atoms with Gasteiger partial charge >= 0.3 is 6.18 Å². The molecule has 3 rings (SSSR count). The van der Waals surface area contributed by atoms with Crippen LogP contribution in [0.2, 0.25) is 0 Å². The zero-order valence-electron chi connectivity index (χ0n) is 13.6. The van der Waals surface area contributed by atoms with Crippen LogP contribution in [0, 0.1) is 0 Å². The lowest BCUT2D eigenvalue weighted by atomic mass is 10.2. The van der Waals surface area contributed by atoms with Crippen LogP contribution in [0.5, 0.6) is 0 Å². The fourth-order valence-electron chi connectivity index (χ4n) is 2.69. The number of likely N-dealkylation sites (N-methyl/N-ethyl adjacent to an activating group) is 1. The fourth-order valence-corrected chi connectivity index (χ4v) is 3.59. The van der Waals surface area contributed by atoms with Crippen LogP contribution in [-0.4, -0.2) is 44.9 Å². The number of amidine groups is 1. The second-order valence-electron chi connectivity index (χ2n) is 5.51. The van der Waals surface area contributed by atoms with Crippen LogP contribution < -0.4 is 0 Å². The number of hydrogen-bond acceptors (Lipinski definition) is 4. The van der Waals surface area contributed by atoms with Crippen molar-refractivity contribution in [3.05, 3.63) is 59.6 Å². The molecule has 1 aliphatic carbocycles. The van der Waals surface area contributed by atoms with Crippen molar-refractivity contribution < 1.29 is 17.4 Å². The lowest BCUT2D eigenvalue weighted by molar-refractivity contribution is -0.0881. The lowest BCUT2D eigenvalue weighted by Gasteiger charge is -2.18. The molecule has 4 nitrogen and oxygen atoms in total. The van der Waals surface area contributed by atoms with Crippen molar-refractivity contribution in [2.24, 2.45) is 4.99 Å². The van der Waals surface area contributed by atoms with Crippen LogP contribution in [0.3, 0.4) is 0 Å². The molecule has 0 saturated carbocycles. The summed E-state index contributed by atoms with van der Waals surface area (Å²) in [4.78, 5) is 11.1. The zero-order valence-corrected chi connectivity index (χ0v) is 14.4. The van der Waals surface area contributed by atoms with Crippen molar-refractivity contribution in [1.29, 1.82) is 0 Å². The van der Waals surface area contributed by atoms with Crippen LogP contribution >= 0.6 is 0 Å². The normalized spacial score (nSPS) is 21.2. The Morgan fingerprint density at radius 1 is 1.32 bits per heavy atom. The van der Waals surface area contributed by atoms with Gasteiger partial charge in [-0.2, -0.15) is 13.2 Å². The molecule has 1 aromatic heterocycles. The van der Waals surface area contributed by atoms with Gasteiger partial charge in [-0.25, -0.2) is 0 Å². The third-order valence-corrected chi connectivity index (χ3v) is 5.32. The molecule has 0 amide bonds. The van der Waals surface area contributed by atoms with Crippen molar-refractivity contribution in [1.82, 2.24) is 9.88 Å². The summed E-state index contributed by atoms with van der Waals surface area (Å²) in [5.74, 6) is 0.946. The number of fused-ring (bicyclic) bond motifs is 1. The molecule has 0 radical (unpaired) electrons. The summed E-state index contributed by atoms with van der Waals surface area (Å²) in [6.45, 7) is 1.81. The second kappa shape index (κ2) is 6.59. The third-order valence-electron chi connectivity index (χ3n) is 3.98. The molecule has 0 N–H and O–H groups in total. The van der Waals surface area contributed by atoms with Gasteiger partial charge in [-0.15, -0.1) is 0 Å². The maximum atomic E-state index is 12.9. The molecule has 25 heavy (non-hydrogen) atoms. The molecule has 8 heteroatoms. The zero-order chi connectivity index (χ0) is 18.2. The van der Waals surface area contributed by atoms with E-state index in [-0.39, 0.29) is 0 Å². The van der Waals surface area contributed by atoms with Gasteiger partial charge in [0.1, 0.15) is 11.7 Å². The molecule has 0 aromatic carbocycles. The fraction of sp³-hybridized carbons (Fsp3) is 0.294. The van der Waals surface area contributed by atoms with Gasteiger partial charge in [0.2, 0.25) is 0 Å². The van der Waals surface area contributed by atoms with Crippen LogP contribution in [0.15, 0.2) is 63.8 Å². The minimum atomic E-state index is -4.40. The Balaban J connectivity index is 2.00. The number of alkyl halides is 3. The van der Waals surface area contributed by atoms with Gasteiger partial charge in [-0.05, 0) is 24.3 Å². The number of pyridine rings is 1. The highest BCUT2D eigenvalue weighted by atomic mass is 32.2. The summed E-state index contributed by atoms with van der Waals surface area (Å²) in [6, 6.07) is 2.91. The van der Waals surface area contributed by atoms with Crippen LogP contribution in [0.4, 0.5) is 13.2 Å². The second-order valence-corrected chi connectivity index (χ2v) is 7.22. The number of allylic oxidation sites excluding steroid dienone is 4. The average molecular weight is 367 g/mol. The molecule has 1 aliphatic heterocycles. The number of nitrogens with zero attached hydrogens (tertiary/aromatic N) is 3. The monoisotopic (exact) mass is 367 g/mol. The van der Waals surface area contributed by atoms with Crippen molar-refractivity contribution >= 4 is 16.6 Å². The molecule has 2 aliphatic rings. The molecule has 2 heterocycles. The first-order valence-corrected chi connectivity index (χ1v) is 8.97. The van der Waals surface area contributed by atoms with Crippen molar-refractivity contribution in [2.45, 2.75) is 24.0 Å². The third kappa shape index (κ3) is 3.30. The number of rotatable bonds is 3. The molecule has 0 bridgehead atoms. The molecule has 0 fully saturated rings. The smallest absolute Gasteiger partial charge is 0.329 e. The number of hydrogen-bond donors (Lipinski definition) is 0. The van der Waals surface area contributed by atoms with Gasteiger partial charge in [0.25, 0.3) is 0 Å². The Bertz CT molecular complexity index is 840. The maximum Gasteiger partial charge on any atom is 0.416 e. The van der Waals surface area contributed by atoms with E-state index in [9.17, 15) is 17.4 Å². The van der Waals surface area contributed by atoms with E-state index in [0.717, 1.165) is 12.2 Å². The van der Waals surface area contributed by atoms with E-state index >= 15 is 0 Å². The number of halogens is 3. The summed E-state index contributed by atoms with van der Waals surface area (Å²) in [5, 5.41) is 0. The first-order chi connectivity index (χ1) is 11.8. The van der Waals surface area contributed by atoms with Gasteiger partial charge in [-0.1, -0.05) is 19.1 Å². The molecule has 1 aromatic rings. The van der Waals surface area contributed by atoms with Crippen molar-refractivity contribution in [3.63, 3.8) is 0 Å². The van der Waals surface area contributed by atoms with Gasteiger partial charge < -0.3 is 4.90 Å². The molecular formula is C17H16F3N3OS. The Morgan fingerprint density at radius 2 is 2.08 bits per heavy atom. The van der Waals surface area contributed by atoms with Crippen LogP contribution in [0.1, 0.15) is 12.6 Å². The van der Waals surface area contributed by atoms with Crippen molar-refractivity contribution in [3.8, 4) is 0 Å². The molecule has 2 unspecified atom stereocenters. The summed E-state index contributed by atoms with van der Waals surface area (Å²) >= 11 is 0. The van der Waals surface area contributed by atoms with Gasteiger partial charge in [-0.3, -0.25) is 14.2 Å². The summed E-state index contributed by atoms with van der Waals surface area (Å²) < 4.78 is 50.9. The highest BCUT2D eigenvalue weighted by molar-refractivity contribution is 7.85. The summed E-state index contributed by atoms with van der Waals surface area (Å²) in [7, 11) is 0.508. The minimum Gasteiger partial charge on any atom is -0.329 e. The predicted octanol–water partition coefficient (Wildman–Crippen LogP) is 3.21. The van der Waals surface area contributed by atoms with E-state index in [1.807, 2.05) is 6.92 Å². The Labute approximate surface area is 145 Å². The molecular weight excluding hydrogens is 351 g/mol. The summed E-state index contributed by atoms with van der Waals surface area (Å²) in [6.07, 6.45) is 2.11. The van der Waals surface area contributed by atoms with Crippen molar-refractivity contribution in [2.75, 3.05) is 12.8 Å². The van der Waals surface area contributed by atoms with Gasteiger partial charge in [0, 0.05) is 24.7 Å². The van der Waals surface area contributed by atoms with Gasteiger partial charge in [0.15, 0.2) is 5.84 Å². The minimum absolute atomic E-state index is 0.444. The highest BCUT2D eigenvalue weighted by Crippen LogP contribution is 2.32. The first-order valence-electron chi connectivity index (χ1n) is 7.65. The standard InChI is InChI=1S/C17H16F3N3OS/c1-3-25(24)14-5-4-10-21-15(14)16-22-12-8-6-11(17(18,19)20)7-9-13(12)23(16)2/h4-10,12H,3H2,1-2H3.